The number of esters is 3. The molecule has 288 valence electrons. The molecule has 0 saturated carbocycles. The Labute approximate surface area is 301 Å². The standard InChI is InChI=1S/C36H57N3O12/c1-11-12-21-46-30(42)25(39-33(45)51-36(8,9)10)22-24-17-18-26(47-28(40)15-13-19-37-31(43)49-34(2,3)4)27(23-24)48-29(41)16-14-20-38-32(44)50-35(5,6)7/h17-18,23,25H,11-16,19-22H2,1-10H3,(H,37,43)(H,38,44)(H,39,45)/t25-/m0/s1. The maximum Gasteiger partial charge on any atom is 0.408 e. The molecule has 0 fully saturated rings. The molecule has 15 nitrogen and oxygen atoms in total. The van der Waals surface area contributed by atoms with Crippen LogP contribution in [0.1, 0.15) is 113 Å². The third kappa shape index (κ3) is 22.0. The molecule has 15 heteroatoms. The van der Waals surface area contributed by atoms with Crippen molar-refractivity contribution >= 4 is 36.2 Å². The average Bonchev–Trinajstić information content (AvgIpc) is 2.96. The Bertz CT molecular complexity index is 1330. The number of carbonyl (C=O) groups is 6. The number of nitrogens with one attached hydrogen (secondary N) is 3. The lowest BCUT2D eigenvalue weighted by Gasteiger charge is -2.23. The SMILES string of the molecule is CCCCOC(=O)[C@H](Cc1ccc(OC(=O)CCCNC(=O)OC(C)(C)C)c(OC(=O)CCCNC(=O)OC(C)(C)C)c1)NC(=O)OC(C)(C)C. The summed E-state index contributed by atoms with van der Waals surface area (Å²) in [5, 5.41) is 7.68. The first-order valence-corrected chi connectivity index (χ1v) is 17.2. The fraction of sp³-hybridized carbons (Fsp3) is 0.667. The van der Waals surface area contributed by atoms with Crippen molar-refractivity contribution in [3.63, 3.8) is 0 Å². The highest BCUT2D eigenvalue weighted by Crippen LogP contribution is 2.30. The molecule has 1 aromatic carbocycles. The summed E-state index contributed by atoms with van der Waals surface area (Å²) in [5.74, 6) is -2.18. The van der Waals surface area contributed by atoms with E-state index in [1.165, 1.54) is 12.1 Å². The molecule has 51 heavy (non-hydrogen) atoms. The maximum absolute atomic E-state index is 13.0. The van der Waals surface area contributed by atoms with Gasteiger partial charge >= 0.3 is 36.2 Å². The lowest BCUT2D eigenvalue weighted by molar-refractivity contribution is -0.146. The van der Waals surface area contributed by atoms with Crippen molar-refractivity contribution in [1.29, 1.82) is 0 Å². The maximum atomic E-state index is 13.0. The van der Waals surface area contributed by atoms with Gasteiger partial charge in [0.05, 0.1) is 6.61 Å². The number of unbranched alkanes of at least 4 members (excludes halogenated alkanes) is 1. The molecule has 0 bridgehead atoms. The average molecular weight is 724 g/mol. The summed E-state index contributed by atoms with van der Waals surface area (Å²) in [5.41, 5.74) is -1.72. The lowest BCUT2D eigenvalue weighted by atomic mass is 10.1. The topological polar surface area (TPSA) is 194 Å². The monoisotopic (exact) mass is 723 g/mol. The van der Waals surface area contributed by atoms with Crippen LogP contribution in [0.4, 0.5) is 14.4 Å². The van der Waals surface area contributed by atoms with Crippen LogP contribution in [0.2, 0.25) is 0 Å². The zero-order chi connectivity index (χ0) is 38.8. The molecule has 0 aliphatic heterocycles. The molecular formula is C36H57N3O12. The number of amides is 3. The van der Waals surface area contributed by atoms with E-state index in [2.05, 4.69) is 16.0 Å². The number of rotatable bonds is 17. The van der Waals surface area contributed by atoms with E-state index in [0.29, 0.717) is 12.0 Å². The smallest absolute Gasteiger partial charge is 0.408 e. The third-order valence-corrected chi connectivity index (χ3v) is 6.07. The van der Waals surface area contributed by atoms with Gasteiger partial charge in [-0.25, -0.2) is 19.2 Å². The molecule has 3 N–H and O–H groups in total. The van der Waals surface area contributed by atoms with Crippen molar-refractivity contribution in [2.24, 2.45) is 0 Å². The van der Waals surface area contributed by atoms with Crippen LogP contribution in [0.3, 0.4) is 0 Å². The van der Waals surface area contributed by atoms with Gasteiger partial charge in [-0.3, -0.25) is 9.59 Å². The molecule has 3 amide bonds. The van der Waals surface area contributed by atoms with E-state index in [1.807, 2.05) is 6.92 Å². The van der Waals surface area contributed by atoms with Crippen LogP contribution in [-0.2, 0) is 39.8 Å². The Kier molecular flexibility index (Phi) is 18.3. The van der Waals surface area contributed by atoms with Gasteiger partial charge in [0.25, 0.3) is 0 Å². The van der Waals surface area contributed by atoms with Crippen molar-refractivity contribution in [3.8, 4) is 11.5 Å². The van der Waals surface area contributed by atoms with E-state index >= 15 is 0 Å². The van der Waals surface area contributed by atoms with Crippen LogP contribution in [0.5, 0.6) is 11.5 Å². The van der Waals surface area contributed by atoms with Gasteiger partial charge in [-0.05, 0) is 99.3 Å². The molecule has 0 aliphatic carbocycles. The normalized spacial score (nSPS) is 12.1. The molecule has 0 radical (unpaired) electrons. The molecule has 1 aromatic rings. The van der Waals surface area contributed by atoms with Crippen molar-refractivity contribution in [2.75, 3.05) is 19.7 Å². The zero-order valence-electron chi connectivity index (χ0n) is 31.8. The minimum Gasteiger partial charge on any atom is -0.464 e. The first-order valence-electron chi connectivity index (χ1n) is 17.2. The predicted molar refractivity (Wildman–Crippen MR) is 187 cm³/mol. The fourth-order valence-electron chi connectivity index (χ4n) is 3.96. The molecule has 0 aliphatic rings. The Morgan fingerprint density at radius 1 is 0.647 bits per heavy atom. The minimum atomic E-state index is -1.15. The van der Waals surface area contributed by atoms with E-state index in [9.17, 15) is 28.8 Å². The van der Waals surface area contributed by atoms with Crippen molar-refractivity contribution < 1.29 is 57.2 Å². The molecule has 0 aromatic heterocycles. The Balaban J connectivity index is 3.12. The second kappa shape index (κ2) is 21.0. The molecule has 1 atom stereocenters. The van der Waals surface area contributed by atoms with Gasteiger partial charge in [-0.1, -0.05) is 19.4 Å². The highest BCUT2D eigenvalue weighted by Gasteiger charge is 2.27. The molecule has 0 saturated heterocycles. The van der Waals surface area contributed by atoms with Crippen LogP contribution in [0, 0.1) is 0 Å². The van der Waals surface area contributed by atoms with Gasteiger partial charge < -0.3 is 44.4 Å². The van der Waals surface area contributed by atoms with E-state index < -0.39 is 59.0 Å². The highest BCUT2D eigenvalue weighted by atomic mass is 16.6. The van der Waals surface area contributed by atoms with E-state index in [1.54, 1.807) is 68.4 Å². The molecular weight excluding hydrogens is 666 g/mol. The Morgan fingerprint density at radius 2 is 1.12 bits per heavy atom. The summed E-state index contributed by atoms with van der Waals surface area (Å²) in [6.07, 6.45) is -0.408. The lowest BCUT2D eigenvalue weighted by Crippen LogP contribution is -2.45. The number of benzene rings is 1. The number of carbonyl (C=O) groups excluding carboxylic acids is 6. The van der Waals surface area contributed by atoms with E-state index in [4.69, 9.17) is 28.4 Å². The fourth-order valence-corrected chi connectivity index (χ4v) is 3.96. The van der Waals surface area contributed by atoms with Gasteiger partial charge in [0.15, 0.2) is 11.5 Å². The summed E-state index contributed by atoms with van der Waals surface area (Å²) < 4.78 is 32.2. The largest absolute Gasteiger partial charge is 0.464 e. The Morgan fingerprint density at radius 3 is 1.59 bits per heavy atom. The second-order valence-corrected chi connectivity index (χ2v) is 14.7. The summed E-state index contributed by atoms with van der Waals surface area (Å²) in [4.78, 5) is 75.0. The predicted octanol–water partition coefficient (Wildman–Crippen LogP) is 5.89. The summed E-state index contributed by atoms with van der Waals surface area (Å²) in [6, 6.07) is 3.24. The quantitative estimate of drug-likeness (QED) is 0.0748. The van der Waals surface area contributed by atoms with Gasteiger partial charge in [0, 0.05) is 32.4 Å². The second-order valence-electron chi connectivity index (χ2n) is 14.7. The van der Waals surface area contributed by atoms with E-state index in [0.717, 1.165) is 6.42 Å². The molecule has 0 heterocycles. The molecule has 0 spiro atoms. The summed E-state index contributed by atoms with van der Waals surface area (Å²) in [7, 11) is 0. The number of ether oxygens (including phenoxy) is 6. The summed E-state index contributed by atoms with van der Waals surface area (Å²) in [6.45, 7) is 17.9. The van der Waals surface area contributed by atoms with Gasteiger partial charge in [-0.2, -0.15) is 0 Å². The van der Waals surface area contributed by atoms with Crippen molar-refractivity contribution in [1.82, 2.24) is 16.0 Å². The van der Waals surface area contributed by atoms with Crippen molar-refractivity contribution in [3.05, 3.63) is 23.8 Å². The van der Waals surface area contributed by atoms with E-state index in [-0.39, 0.29) is 63.3 Å². The first kappa shape index (κ1) is 44.5. The van der Waals surface area contributed by atoms with Crippen molar-refractivity contribution in [2.45, 2.75) is 137 Å². The number of alkyl carbamates (subject to hydrolysis) is 3. The van der Waals surface area contributed by atoms with Crippen LogP contribution in [-0.4, -0.2) is 78.7 Å². The van der Waals surface area contributed by atoms with Gasteiger partial charge in [0.2, 0.25) is 0 Å². The van der Waals surface area contributed by atoms with Crippen LogP contribution >= 0.6 is 0 Å². The molecule has 0 unspecified atom stereocenters. The van der Waals surface area contributed by atoms with Gasteiger partial charge in [-0.15, -0.1) is 0 Å². The third-order valence-electron chi connectivity index (χ3n) is 6.07. The van der Waals surface area contributed by atoms with Crippen LogP contribution in [0.15, 0.2) is 18.2 Å². The van der Waals surface area contributed by atoms with Gasteiger partial charge in [0.1, 0.15) is 22.8 Å². The minimum absolute atomic E-state index is 0.0637. The van der Waals surface area contributed by atoms with Crippen LogP contribution in [0.25, 0.3) is 0 Å². The van der Waals surface area contributed by atoms with Crippen LogP contribution < -0.4 is 25.4 Å². The summed E-state index contributed by atoms with van der Waals surface area (Å²) >= 11 is 0. The molecule has 1 rings (SSSR count). The zero-order valence-corrected chi connectivity index (χ0v) is 31.8. The number of hydrogen-bond donors (Lipinski definition) is 3. The Hall–Kier alpha value is -4.56. The number of hydrogen-bond acceptors (Lipinski definition) is 12. The first-order chi connectivity index (χ1) is 23.6. The highest BCUT2D eigenvalue weighted by molar-refractivity contribution is 5.82.